The van der Waals surface area contributed by atoms with Gasteiger partial charge in [-0.3, -0.25) is 4.79 Å². The van der Waals surface area contributed by atoms with Gasteiger partial charge in [-0.2, -0.15) is 0 Å². The Labute approximate surface area is 119 Å². The molecular weight excluding hydrogens is 250 g/mol. The number of ether oxygens (including phenoxy) is 1. The Morgan fingerprint density at radius 3 is 2.55 bits per heavy atom. The van der Waals surface area contributed by atoms with Crippen molar-refractivity contribution in [2.45, 2.75) is 19.3 Å². The minimum absolute atomic E-state index is 0.119. The summed E-state index contributed by atoms with van der Waals surface area (Å²) in [6.07, 6.45) is 0.469. The summed E-state index contributed by atoms with van der Waals surface area (Å²) < 4.78 is 5.14. The highest BCUT2D eigenvalue weighted by atomic mass is 16.5. The molecule has 20 heavy (non-hydrogen) atoms. The monoisotopic (exact) mass is 269 g/mol. The second-order valence-electron chi connectivity index (χ2n) is 4.93. The molecule has 1 unspecified atom stereocenters. The summed E-state index contributed by atoms with van der Waals surface area (Å²) in [5, 5.41) is 0. The summed E-state index contributed by atoms with van der Waals surface area (Å²) in [7, 11) is 1.60. The van der Waals surface area contributed by atoms with E-state index in [-0.39, 0.29) is 11.7 Å². The fourth-order valence-corrected chi connectivity index (χ4v) is 2.13. The number of carbonyl (C=O) groups excluding carboxylic acids is 1. The van der Waals surface area contributed by atoms with Crippen LogP contribution in [0.25, 0.3) is 0 Å². The molecule has 2 aromatic carbocycles. The fourth-order valence-electron chi connectivity index (χ4n) is 2.13. The van der Waals surface area contributed by atoms with Crippen LogP contribution in [0, 0.1) is 0 Å². The molecule has 0 heterocycles. The second-order valence-corrected chi connectivity index (χ2v) is 4.93. The first-order chi connectivity index (χ1) is 9.60. The van der Waals surface area contributed by atoms with E-state index in [1.807, 2.05) is 49.4 Å². The number of anilines is 1. The molecule has 0 bridgehead atoms. The molecule has 0 aliphatic rings. The van der Waals surface area contributed by atoms with Crippen LogP contribution in [-0.2, 0) is 0 Å². The third-order valence-corrected chi connectivity index (χ3v) is 3.39. The SMILES string of the molecule is COc1cccc(C(=O)CC(C)c2ccc(N)cc2)c1. The number of rotatable bonds is 5. The van der Waals surface area contributed by atoms with Crippen LogP contribution in [0.2, 0.25) is 0 Å². The van der Waals surface area contributed by atoms with Crippen LogP contribution >= 0.6 is 0 Å². The lowest BCUT2D eigenvalue weighted by Crippen LogP contribution is -2.05. The lowest BCUT2D eigenvalue weighted by molar-refractivity contribution is 0.0975. The van der Waals surface area contributed by atoms with Crippen molar-refractivity contribution in [3.63, 3.8) is 0 Å². The van der Waals surface area contributed by atoms with Crippen LogP contribution in [0.3, 0.4) is 0 Å². The van der Waals surface area contributed by atoms with Gasteiger partial charge in [0, 0.05) is 17.7 Å². The van der Waals surface area contributed by atoms with Crippen LogP contribution in [0.5, 0.6) is 5.75 Å². The largest absolute Gasteiger partial charge is 0.497 e. The quantitative estimate of drug-likeness (QED) is 0.665. The fraction of sp³-hybridized carbons (Fsp3) is 0.235. The Morgan fingerprint density at radius 2 is 1.90 bits per heavy atom. The Balaban J connectivity index is 2.08. The smallest absolute Gasteiger partial charge is 0.163 e. The van der Waals surface area contributed by atoms with Crippen LogP contribution < -0.4 is 10.5 Å². The Hall–Kier alpha value is -2.29. The van der Waals surface area contributed by atoms with Crippen molar-refractivity contribution >= 4 is 11.5 Å². The first kappa shape index (κ1) is 14.1. The number of Topliss-reactive ketones (excluding diaryl/α,β-unsaturated/α-hetero) is 1. The Kier molecular flexibility index (Phi) is 4.41. The normalized spacial score (nSPS) is 11.9. The second kappa shape index (κ2) is 6.24. The van der Waals surface area contributed by atoms with Crippen LogP contribution in [-0.4, -0.2) is 12.9 Å². The summed E-state index contributed by atoms with van der Waals surface area (Å²) >= 11 is 0. The molecule has 0 saturated carbocycles. The Morgan fingerprint density at radius 1 is 1.20 bits per heavy atom. The molecule has 0 aliphatic carbocycles. The van der Waals surface area contributed by atoms with Crippen LogP contribution in [0.15, 0.2) is 48.5 Å². The third-order valence-electron chi connectivity index (χ3n) is 3.39. The van der Waals surface area contributed by atoms with Gasteiger partial charge in [-0.1, -0.05) is 31.2 Å². The van der Waals surface area contributed by atoms with Gasteiger partial charge in [-0.05, 0) is 35.7 Å². The summed E-state index contributed by atoms with van der Waals surface area (Å²) in [5.74, 6) is 0.985. The molecule has 0 aliphatic heterocycles. The van der Waals surface area contributed by atoms with Crippen molar-refractivity contribution in [3.8, 4) is 5.75 Å². The number of ketones is 1. The van der Waals surface area contributed by atoms with Crippen molar-refractivity contribution in [2.75, 3.05) is 12.8 Å². The molecule has 3 heteroatoms. The molecule has 0 spiro atoms. The number of benzene rings is 2. The lowest BCUT2D eigenvalue weighted by Gasteiger charge is -2.12. The molecule has 3 nitrogen and oxygen atoms in total. The number of hydrogen-bond donors (Lipinski definition) is 1. The number of methoxy groups -OCH3 is 1. The number of hydrogen-bond acceptors (Lipinski definition) is 3. The molecule has 0 fully saturated rings. The average Bonchev–Trinajstić information content (AvgIpc) is 2.47. The van der Waals surface area contributed by atoms with Gasteiger partial charge in [-0.25, -0.2) is 0 Å². The van der Waals surface area contributed by atoms with E-state index in [1.165, 1.54) is 0 Å². The van der Waals surface area contributed by atoms with E-state index in [0.717, 1.165) is 11.3 Å². The van der Waals surface area contributed by atoms with Crippen molar-refractivity contribution in [1.82, 2.24) is 0 Å². The van der Waals surface area contributed by atoms with Gasteiger partial charge >= 0.3 is 0 Å². The Bertz CT molecular complexity index is 590. The minimum atomic E-state index is 0.119. The lowest BCUT2D eigenvalue weighted by atomic mass is 9.93. The summed E-state index contributed by atoms with van der Waals surface area (Å²) in [6, 6.07) is 14.9. The van der Waals surface area contributed by atoms with Gasteiger partial charge < -0.3 is 10.5 Å². The first-order valence-electron chi connectivity index (χ1n) is 6.63. The van der Waals surface area contributed by atoms with Crippen molar-refractivity contribution in [1.29, 1.82) is 0 Å². The van der Waals surface area contributed by atoms with Gasteiger partial charge in [0.05, 0.1) is 7.11 Å². The van der Waals surface area contributed by atoms with E-state index in [4.69, 9.17) is 10.5 Å². The highest BCUT2D eigenvalue weighted by Gasteiger charge is 2.13. The van der Waals surface area contributed by atoms with Gasteiger partial charge in [-0.15, -0.1) is 0 Å². The predicted molar refractivity (Wildman–Crippen MR) is 81.2 cm³/mol. The molecule has 0 radical (unpaired) electrons. The van der Waals surface area contributed by atoms with Gasteiger partial charge in [0.2, 0.25) is 0 Å². The molecule has 104 valence electrons. The van der Waals surface area contributed by atoms with Gasteiger partial charge in [0.1, 0.15) is 5.75 Å². The third kappa shape index (κ3) is 3.38. The van der Waals surface area contributed by atoms with Crippen molar-refractivity contribution < 1.29 is 9.53 Å². The molecule has 2 rings (SSSR count). The van der Waals surface area contributed by atoms with E-state index < -0.39 is 0 Å². The summed E-state index contributed by atoms with van der Waals surface area (Å²) in [6.45, 7) is 2.05. The highest BCUT2D eigenvalue weighted by Crippen LogP contribution is 2.23. The maximum atomic E-state index is 12.3. The molecule has 0 amide bonds. The van der Waals surface area contributed by atoms with Crippen LogP contribution in [0.4, 0.5) is 5.69 Å². The summed E-state index contributed by atoms with van der Waals surface area (Å²) in [5.41, 5.74) is 8.21. The maximum Gasteiger partial charge on any atom is 0.163 e. The molecule has 1 atom stereocenters. The topological polar surface area (TPSA) is 52.3 Å². The van der Waals surface area contributed by atoms with E-state index in [2.05, 4.69) is 0 Å². The first-order valence-corrected chi connectivity index (χ1v) is 6.63. The van der Waals surface area contributed by atoms with Gasteiger partial charge in [0.15, 0.2) is 5.78 Å². The summed E-state index contributed by atoms with van der Waals surface area (Å²) in [4.78, 5) is 12.3. The zero-order valence-corrected chi connectivity index (χ0v) is 11.8. The van der Waals surface area contributed by atoms with Crippen molar-refractivity contribution in [3.05, 3.63) is 59.7 Å². The molecule has 0 saturated heterocycles. The molecule has 0 aromatic heterocycles. The maximum absolute atomic E-state index is 12.3. The predicted octanol–water partition coefficient (Wildman–Crippen LogP) is 3.65. The van der Waals surface area contributed by atoms with E-state index in [0.29, 0.717) is 17.7 Å². The van der Waals surface area contributed by atoms with Crippen molar-refractivity contribution in [2.24, 2.45) is 0 Å². The van der Waals surface area contributed by atoms with Crippen LogP contribution in [0.1, 0.15) is 35.2 Å². The zero-order valence-electron chi connectivity index (χ0n) is 11.8. The molecule has 2 N–H and O–H groups in total. The van der Waals surface area contributed by atoms with E-state index in [9.17, 15) is 4.79 Å². The number of nitrogens with two attached hydrogens (primary N) is 1. The van der Waals surface area contributed by atoms with E-state index >= 15 is 0 Å². The highest BCUT2D eigenvalue weighted by molar-refractivity contribution is 5.96. The van der Waals surface area contributed by atoms with E-state index in [1.54, 1.807) is 13.2 Å². The average molecular weight is 269 g/mol. The zero-order chi connectivity index (χ0) is 14.5. The molecule has 2 aromatic rings. The standard InChI is InChI=1S/C17H19NO2/c1-12(13-6-8-15(18)9-7-13)10-17(19)14-4-3-5-16(11-14)20-2/h3-9,11-12H,10,18H2,1-2H3. The minimum Gasteiger partial charge on any atom is -0.497 e. The number of nitrogen functional groups attached to an aromatic ring is 1. The number of carbonyl (C=O) groups is 1. The molecular formula is C17H19NO2. The van der Waals surface area contributed by atoms with Gasteiger partial charge in [0.25, 0.3) is 0 Å².